The molecule has 0 saturated heterocycles. The maximum atomic E-state index is 4.90. The molecule has 0 aromatic rings. The number of hydrogen-bond acceptors (Lipinski definition) is 2. The van der Waals surface area contributed by atoms with Gasteiger partial charge in [0, 0.05) is 13.1 Å². The first-order chi connectivity index (χ1) is 1.91. The molecule has 0 spiro atoms. The van der Waals surface area contributed by atoms with Gasteiger partial charge in [0.25, 0.3) is 0 Å². The van der Waals surface area contributed by atoms with Crippen molar-refractivity contribution >= 4 is 308 Å². The van der Waals surface area contributed by atoms with Gasteiger partial charge in [0.05, 0.1) is 0 Å². The van der Waals surface area contributed by atoms with Gasteiger partial charge < -0.3 is 11.5 Å². The number of nitrogens with two attached hydrogens (primary N) is 2. The molecule has 0 fully saturated rings. The fourth-order valence-corrected chi connectivity index (χ4v) is 0. The predicted octanol–water partition coefficient (Wildman–Crippen LogP) is -4.99. The monoisotopic (exact) mass is 300 g/mol. The fraction of sp³-hybridized carbons (Fsp3) is 1.00. The van der Waals surface area contributed by atoms with E-state index in [4.69, 9.17) is 11.5 Å². The van der Waals surface area contributed by atoms with Crippen LogP contribution < -0.4 is 11.5 Å². The topological polar surface area (TPSA) is 52.0 Å². The second kappa shape index (κ2) is 42.8. The first-order valence-corrected chi connectivity index (χ1v) is 1.32. The Morgan fingerprint density at radius 1 is 0.500 bits per heavy atom. The molecular formula is C2H14K6N2. The van der Waals surface area contributed by atoms with Gasteiger partial charge >= 0.3 is 308 Å². The third-order valence-electron chi connectivity index (χ3n) is 0.167. The Balaban J connectivity index is -0.00000000300. The Morgan fingerprint density at radius 2 is 0.600 bits per heavy atom. The molecule has 38 valence electrons. The van der Waals surface area contributed by atoms with Gasteiger partial charge in [-0.3, -0.25) is 0 Å². The minimum absolute atomic E-state index is 0. The van der Waals surface area contributed by atoms with Crippen LogP contribution in [0.1, 0.15) is 0 Å². The molecule has 8 heteroatoms. The summed E-state index contributed by atoms with van der Waals surface area (Å²) in [7, 11) is 0. The first-order valence-electron chi connectivity index (χ1n) is 1.32. The molecule has 0 unspecified atom stereocenters. The van der Waals surface area contributed by atoms with E-state index in [1.807, 2.05) is 0 Å². The molecule has 0 aromatic heterocycles. The molecule has 10 heavy (non-hydrogen) atoms. The van der Waals surface area contributed by atoms with E-state index >= 15 is 0 Å². The predicted molar refractivity (Wildman–Crippen MR) is 61.0 cm³/mol. The molecule has 0 rings (SSSR count). The molecule has 0 aliphatic heterocycles. The summed E-state index contributed by atoms with van der Waals surface area (Å²) in [5, 5.41) is 0. The van der Waals surface area contributed by atoms with Crippen molar-refractivity contribution in [2.24, 2.45) is 11.5 Å². The van der Waals surface area contributed by atoms with Crippen LogP contribution in [-0.2, 0) is 0 Å². The molecule has 0 bridgehead atoms. The molecule has 0 aliphatic carbocycles. The molecule has 0 heterocycles. The van der Waals surface area contributed by atoms with E-state index in [9.17, 15) is 0 Å². The van der Waals surface area contributed by atoms with Crippen LogP contribution in [-0.4, -0.2) is 321 Å². The molecule has 0 radical (unpaired) electrons. The van der Waals surface area contributed by atoms with Crippen molar-refractivity contribution in [1.29, 1.82) is 0 Å². The summed E-state index contributed by atoms with van der Waals surface area (Å²) < 4.78 is 0. The van der Waals surface area contributed by atoms with Gasteiger partial charge in [-0.25, -0.2) is 0 Å². The molecule has 0 aromatic carbocycles. The van der Waals surface area contributed by atoms with Crippen LogP contribution in [0.15, 0.2) is 0 Å². The van der Waals surface area contributed by atoms with Crippen molar-refractivity contribution in [1.82, 2.24) is 0 Å². The summed E-state index contributed by atoms with van der Waals surface area (Å²) in [6, 6.07) is 0. The third kappa shape index (κ3) is 43.1. The quantitative estimate of drug-likeness (QED) is 0.477. The van der Waals surface area contributed by atoms with Gasteiger partial charge in [-0.15, -0.1) is 0 Å². The Hall–Kier alpha value is 9.74. The molecule has 0 saturated carbocycles. The van der Waals surface area contributed by atoms with E-state index in [1.165, 1.54) is 0 Å². The van der Waals surface area contributed by atoms with E-state index in [-0.39, 0.29) is 308 Å². The van der Waals surface area contributed by atoms with E-state index in [2.05, 4.69) is 0 Å². The van der Waals surface area contributed by atoms with Crippen molar-refractivity contribution in [2.45, 2.75) is 0 Å². The van der Waals surface area contributed by atoms with E-state index in [0.717, 1.165) is 0 Å². The Labute approximate surface area is 319 Å². The van der Waals surface area contributed by atoms with E-state index in [1.54, 1.807) is 0 Å². The van der Waals surface area contributed by atoms with E-state index < -0.39 is 0 Å². The van der Waals surface area contributed by atoms with Crippen LogP contribution in [0.2, 0.25) is 0 Å². The fourth-order valence-electron chi connectivity index (χ4n) is 0. The van der Waals surface area contributed by atoms with Crippen molar-refractivity contribution in [3.8, 4) is 0 Å². The summed E-state index contributed by atoms with van der Waals surface area (Å²) in [6.45, 7) is 1.19. The SMILES string of the molecule is NCCN.[KH].[KH].[KH].[KH].[KH].[KH]. The molecule has 0 aliphatic rings. The number of rotatable bonds is 1. The second-order valence-corrected chi connectivity index (χ2v) is 0.577. The van der Waals surface area contributed by atoms with Crippen molar-refractivity contribution in [3.63, 3.8) is 0 Å². The summed E-state index contributed by atoms with van der Waals surface area (Å²) in [6.07, 6.45) is 0. The average molecular weight is 301 g/mol. The Morgan fingerprint density at radius 3 is 0.600 bits per heavy atom. The molecular weight excluding hydrogens is 287 g/mol. The zero-order valence-corrected chi connectivity index (χ0v) is 2.57. The summed E-state index contributed by atoms with van der Waals surface area (Å²) >= 11 is 0. The van der Waals surface area contributed by atoms with E-state index in [0.29, 0.717) is 13.1 Å². The van der Waals surface area contributed by atoms with Crippen LogP contribution in [0.3, 0.4) is 0 Å². The summed E-state index contributed by atoms with van der Waals surface area (Å²) in [5.41, 5.74) is 9.81. The third-order valence-corrected chi connectivity index (χ3v) is 0.167. The van der Waals surface area contributed by atoms with Crippen molar-refractivity contribution < 1.29 is 0 Å². The van der Waals surface area contributed by atoms with Crippen LogP contribution in [0.4, 0.5) is 0 Å². The summed E-state index contributed by atoms with van der Waals surface area (Å²) in [5.74, 6) is 0. The first kappa shape index (κ1) is 42.7. The molecule has 0 amide bonds. The summed E-state index contributed by atoms with van der Waals surface area (Å²) in [4.78, 5) is 0. The van der Waals surface area contributed by atoms with Crippen LogP contribution in [0, 0.1) is 0 Å². The van der Waals surface area contributed by atoms with Gasteiger partial charge in [0.15, 0.2) is 0 Å². The molecule has 0 atom stereocenters. The zero-order chi connectivity index (χ0) is 3.41. The van der Waals surface area contributed by atoms with Crippen molar-refractivity contribution in [3.05, 3.63) is 0 Å². The Bertz CT molecular complexity index is 15.7. The zero-order valence-electron chi connectivity index (χ0n) is 2.57. The molecule has 4 N–H and O–H groups in total. The second-order valence-electron chi connectivity index (χ2n) is 0.577. The number of hydrogen-bond donors (Lipinski definition) is 2. The van der Waals surface area contributed by atoms with Gasteiger partial charge in [0.1, 0.15) is 0 Å². The van der Waals surface area contributed by atoms with Gasteiger partial charge in [-0.05, 0) is 0 Å². The van der Waals surface area contributed by atoms with Gasteiger partial charge in [0.2, 0.25) is 0 Å². The van der Waals surface area contributed by atoms with Crippen LogP contribution >= 0.6 is 0 Å². The minimum atomic E-state index is 0. The maximum absolute atomic E-state index is 4.90. The standard InChI is InChI=1S/C2H8N2.6K.6H/c3-1-2-4;;;;;;;;;;;;/h1-4H2;;;;;;;;;;;;. The van der Waals surface area contributed by atoms with Crippen LogP contribution in [0.5, 0.6) is 0 Å². The van der Waals surface area contributed by atoms with Gasteiger partial charge in [-0.1, -0.05) is 0 Å². The average Bonchev–Trinajstić information content (AvgIpc) is 1.37. The molecule has 2 nitrogen and oxygen atoms in total. The van der Waals surface area contributed by atoms with Gasteiger partial charge in [-0.2, -0.15) is 0 Å². The normalized spacial score (nSPS) is 3.00. The van der Waals surface area contributed by atoms with Crippen LogP contribution in [0.25, 0.3) is 0 Å². The Kier molecular flexibility index (Phi) is 183. The van der Waals surface area contributed by atoms with Crippen molar-refractivity contribution in [2.75, 3.05) is 13.1 Å².